The molecule has 1 aliphatic heterocycles. The zero-order valence-corrected chi connectivity index (χ0v) is 18.3. The molecule has 148 valence electrons. The summed E-state index contributed by atoms with van der Waals surface area (Å²) in [5.74, 6) is 0.983. The van der Waals surface area contributed by atoms with Crippen molar-refractivity contribution in [3.63, 3.8) is 0 Å². The molecule has 0 bridgehead atoms. The minimum absolute atomic E-state index is 0.0966. The maximum Gasteiger partial charge on any atom is 0.167 e. The van der Waals surface area contributed by atoms with Gasteiger partial charge in [0.05, 0.1) is 10.6 Å². The summed E-state index contributed by atoms with van der Waals surface area (Å²) in [5, 5.41) is 19.5. The number of H-pyrrole nitrogens is 1. The molecule has 0 radical (unpaired) electrons. The van der Waals surface area contributed by atoms with Crippen LogP contribution in [0.5, 0.6) is 0 Å². The van der Waals surface area contributed by atoms with Crippen molar-refractivity contribution in [1.82, 2.24) is 15.1 Å². The van der Waals surface area contributed by atoms with Crippen LogP contribution in [0.15, 0.2) is 40.9 Å². The van der Waals surface area contributed by atoms with Gasteiger partial charge in [-0.2, -0.15) is 10.4 Å². The molecule has 0 spiro atoms. The number of Topliss-reactive ketones (excluding diaryl/α,β-unsaturated/α-hetero) is 1. The highest BCUT2D eigenvalue weighted by atomic mass is 79.9. The summed E-state index contributed by atoms with van der Waals surface area (Å²) in [4.78, 5) is 16.8. The summed E-state index contributed by atoms with van der Waals surface area (Å²) in [7, 11) is 2.10. The van der Waals surface area contributed by atoms with E-state index in [-0.39, 0.29) is 11.7 Å². The van der Waals surface area contributed by atoms with Crippen molar-refractivity contribution in [3.8, 4) is 16.6 Å². The first kappa shape index (κ1) is 19.8. The summed E-state index contributed by atoms with van der Waals surface area (Å²) in [6.07, 6.45) is 1.82. The standard InChI is InChI=1S/C21H20BrN5OS/c1-27-8-6-13(7-9-27)21(28)16-4-2-14(10-17(16)22)24-20-11-18(25-26-20)19-5-3-15(12-23)29-19/h2-5,10-11,13H,6-9H2,1H3,(H2,24,25,26). The minimum atomic E-state index is 0.0966. The van der Waals surface area contributed by atoms with Gasteiger partial charge in [0.2, 0.25) is 0 Å². The van der Waals surface area contributed by atoms with E-state index in [0.717, 1.165) is 52.2 Å². The van der Waals surface area contributed by atoms with Gasteiger partial charge < -0.3 is 10.2 Å². The Bertz CT molecular complexity index is 1070. The Labute approximate surface area is 181 Å². The molecule has 6 nitrogen and oxygen atoms in total. The van der Waals surface area contributed by atoms with Crippen LogP contribution < -0.4 is 5.32 Å². The molecule has 1 aliphatic rings. The first-order valence-electron chi connectivity index (χ1n) is 9.38. The monoisotopic (exact) mass is 469 g/mol. The molecule has 8 heteroatoms. The number of carbonyl (C=O) groups excluding carboxylic acids is 1. The van der Waals surface area contributed by atoms with Crippen LogP contribution in [0.1, 0.15) is 28.1 Å². The molecule has 0 atom stereocenters. The van der Waals surface area contributed by atoms with Crippen molar-refractivity contribution in [2.24, 2.45) is 5.92 Å². The zero-order valence-electron chi connectivity index (χ0n) is 15.9. The number of rotatable bonds is 5. The lowest BCUT2D eigenvalue weighted by Gasteiger charge is -2.28. The van der Waals surface area contributed by atoms with Gasteiger partial charge in [0, 0.05) is 27.7 Å². The van der Waals surface area contributed by atoms with E-state index < -0.39 is 0 Å². The summed E-state index contributed by atoms with van der Waals surface area (Å²) in [6.45, 7) is 1.94. The van der Waals surface area contributed by atoms with Crippen molar-refractivity contribution < 1.29 is 4.79 Å². The van der Waals surface area contributed by atoms with Gasteiger partial charge in [-0.15, -0.1) is 11.3 Å². The fourth-order valence-electron chi connectivity index (χ4n) is 3.49. The molecule has 2 aromatic heterocycles. The normalized spacial score (nSPS) is 15.2. The van der Waals surface area contributed by atoms with Gasteiger partial charge in [0.1, 0.15) is 10.9 Å². The Morgan fingerprint density at radius 3 is 2.79 bits per heavy atom. The van der Waals surface area contributed by atoms with Crippen molar-refractivity contribution in [2.45, 2.75) is 12.8 Å². The lowest BCUT2D eigenvalue weighted by molar-refractivity contribution is 0.0856. The highest BCUT2D eigenvalue weighted by Crippen LogP contribution is 2.31. The van der Waals surface area contributed by atoms with Crippen LogP contribution in [0.4, 0.5) is 11.5 Å². The molecule has 3 heterocycles. The highest BCUT2D eigenvalue weighted by Gasteiger charge is 2.25. The van der Waals surface area contributed by atoms with Crippen molar-refractivity contribution >= 4 is 44.6 Å². The summed E-state index contributed by atoms with van der Waals surface area (Å²) < 4.78 is 0.791. The van der Waals surface area contributed by atoms with E-state index in [9.17, 15) is 4.79 Å². The molecule has 2 N–H and O–H groups in total. The number of benzene rings is 1. The van der Waals surface area contributed by atoms with Gasteiger partial charge in [-0.1, -0.05) is 0 Å². The number of carbonyl (C=O) groups is 1. The van der Waals surface area contributed by atoms with Gasteiger partial charge in [0.25, 0.3) is 0 Å². The number of nitriles is 1. The summed E-state index contributed by atoms with van der Waals surface area (Å²) in [5.41, 5.74) is 2.43. The largest absolute Gasteiger partial charge is 0.339 e. The van der Waals surface area contributed by atoms with E-state index in [2.05, 4.69) is 49.5 Å². The summed E-state index contributed by atoms with van der Waals surface area (Å²) >= 11 is 4.98. The number of hydrogen-bond acceptors (Lipinski definition) is 6. The number of piperidine rings is 1. The molecular weight excluding hydrogens is 450 g/mol. The third kappa shape index (κ3) is 4.42. The topological polar surface area (TPSA) is 84.8 Å². The zero-order chi connectivity index (χ0) is 20.4. The molecule has 29 heavy (non-hydrogen) atoms. The molecule has 3 aromatic rings. The molecular formula is C21H20BrN5OS. The predicted molar refractivity (Wildman–Crippen MR) is 119 cm³/mol. The van der Waals surface area contributed by atoms with Gasteiger partial charge >= 0.3 is 0 Å². The molecule has 0 amide bonds. The van der Waals surface area contributed by atoms with Crippen LogP contribution in [0.25, 0.3) is 10.6 Å². The Kier molecular flexibility index (Phi) is 5.81. The molecule has 0 aliphatic carbocycles. The van der Waals surface area contributed by atoms with Crippen molar-refractivity contribution in [1.29, 1.82) is 5.26 Å². The number of likely N-dealkylation sites (tertiary alicyclic amines) is 1. The Balaban J connectivity index is 1.46. The van der Waals surface area contributed by atoms with Gasteiger partial charge in [-0.3, -0.25) is 9.89 Å². The lowest BCUT2D eigenvalue weighted by Crippen LogP contribution is -2.33. The number of aromatic nitrogens is 2. The second-order valence-electron chi connectivity index (χ2n) is 7.20. The van der Waals surface area contributed by atoms with E-state index in [4.69, 9.17) is 5.26 Å². The fourth-order valence-corrected chi connectivity index (χ4v) is 4.83. The van der Waals surface area contributed by atoms with E-state index in [1.165, 1.54) is 11.3 Å². The average molecular weight is 470 g/mol. The molecule has 4 rings (SSSR count). The highest BCUT2D eigenvalue weighted by molar-refractivity contribution is 9.10. The maximum atomic E-state index is 12.9. The molecule has 0 unspecified atom stereocenters. The third-order valence-electron chi connectivity index (χ3n) is 5.16. The number of nitrogens with zero attached hydrogens (tertiary/aromatic N) is 3. The number of nitrogens with one attached hydrogen (secondary N) is 2. The van der Waals surface area contributed by atoms with Gasteiger partial charge in [-0.05, 0) is 79.2 Å². The summed E-state index contributed by atoms with van der Waals surface area (Å²) in [6, 6.07) is 13.4. The molecule has 0 saturated carbocycles. The number of anilines is 2. The number of thiophene rings is 1. The predicted octanol–water partition coefficient (Wildman–Crippen LogP) is 5.04. The van der Waals surface area contributed by atoms with E-state index in [1.54, 1.807) is 6.07 Å². The Morgan fingerprint density at radius 2 is 2.10 bits per heavy atom. The first-order valence-corrected chi connectivity index (χ1v) is 11.0. The van der Waals surface area contributed by atoms with Crippen LogP contribution >= 0.6 is 27.3 Å². The second-order valence-corrected chi connectivity index (χ2v) is 9.14. The Morgan fingerprint density at radius 1 is 1.31 bits per heavy atom. The second kappa shape index (κ2) is 8.49. The fraction of sp³-hybridized carbons (Fsp3) is 0.286. The minimum Gasteiger partial charge on any atom is -0.339 e. The van der Waals surface area contributed by atoms with E-state index in [0.29, 0.717) is 10.7 Å². The van der Waals surface area contributed by atoms with E-state index >= 15 is 0 Å². The lowest BCUT2D eigenvalue weighted by atomic mass is 9.89. The van der Waals surface area contributed by atoms with Crippen LogP contribution in [0, 0.1) is 17.2 Å². The van der Waals surface area contributed by atoms with Gasteiger partial charge in [-0.25, -0.2) is 0 Å². The quantitative estimate of drug-likeness (QED) is 0.511. The SMILES string of the molecule is CN1CCC(C(=O)c2ccc(Nc3cc(-c4ccc(C#N)s4)[nH]n3)cc2Br)CC1. The van der Waals surface area contributed by atoms with Crippen molar-refractivity contribution in [3.05, 3.63) is 51.3 Å². The van der Waals surface area contributed by atoms with Crippen LogP contribution in [0.2, 0.25) is 0 Å². The molecule has 1 fully saturated rings. The number of aromatic amines is 1. The van der Waals surface area contributed by atoms with Crippen LogP contribution in [-0.2, 0) is 0 Å². The first-order chi connectivity index (χ1) is 14.0. The maximum absolute atomic E-state index is 12.9. The Hall–Kier alpha value is -2.47. The van der Waals surface area contributed by atoms with Crippen LogP contribution in [0.3, 0.4) is 0 Å². The van der Waals surface area contributed by atoms with Gasteiger partial charge in [0.15, 0.2) is 11.6 Å². The smallest absolute Gasteiger partial charge is 0.167 e. The number of halogens is 1. The van der Waals surface area contributed by atoms with Crippen molar-refractivity contribution in [2.75, 3.05) is 25.5 Å². The van der Waals surface area contributed by atoms with Crippen LogP contribution in [-0.4, -0.2) is 41.0 Å². The number of hydrogen-bond donors (Lipinski definition) is 2. The third-order valence-corrected chi connectivity index (χ3v) is 6.84. The number of ketones is 1. The average Bonchev–Trinajstić information content (AvgIpc) is 3.37. The van der Waals surface area contributed by atoms with E-state index in [1.807, 2.05) is 30.3 Å². The molecule has 1 aromatic carbocycles. The molecule has 1 saturated heterocycles.